The molecule has 2 aliphatic heterocycles. The van der Waals surface area contributed by atoms with Gasteiger partial charge in [-0.3, -0.25) is 9.55 Å². The van der Waals surface area contributed by atoms with Crippen LogP contribution in [0.15, 0.2) is 48.8 Å². The third-order valence-corrected chi connectivity index (χ3v) is 7.77. The molecule has 36 heavy (non-hydrogen) atoms. The van der Waals surface area contributed by atoms with Crippen LogP contribution in [0, 0.1) is 13.8 Å². The van der Waals surface area contributed by atoms with E-state index in [0.717, 1.165) is 61.5 Å². The van der Waals surface area contributed by atoms with Crippen LogP contribution in [0.2, 0.25) is 0 Å². The number of imidazole rings is 1. The van der Waals surface area contributed by atoms with Crippen LogP contribution in [0.3, 0.4) is 0 Å². The quantitative estimate of drug-likeness (QED) is 0.429. The van der Waals surface area contributed by atoms with E-state index in [1.807, 2.05) is 17.6 Å². The van der Waals surface area contributed by atoms with Crippen LogP contribution >= 0.6 is 0 Å². The molecule has 0 bridgehead atoms. The molecule has 2 aliphatic rings. The van der Waals surface area contributed by atoms with Crippen molar-refractivity contribution in [3.05, 3.63) is 82.6 Å². The van der Waals surface area contributed by atoms with Gasteiger partial charge >= 0.3 is 5.97 Å². The van der Waals surface area contributed by atoms with E-state index in [4.69, 9.17) is 9.72 Å². The van der Waals surface area contributed by atoms with Crippen molar-refractivity contribution in [2.24, 2.45) is 0 Å². The van der Waals surface area contributed by atoms with Gasteiger partial charge in [0.2, 0.25) is 0 Å². The van der Waals surface area contributed by atoms with Crippen LogP contribution in [-0.2, 0) is 13.0 Å². The highest BCUT2D eigenvalue weighted by Crippen LogP contribution is 2.37. The van der Waals surface area contributed by atoms with E-state index in [-0.39, 0.29) is 12.3 Å². The predicted molar refractivity (Wildman–Crippen MR) is 138 cm³/mol. The van der Waals surface area contributed by atoms with Crippen LogP contribution in [0.5, 0.6) is 5.75 Å². The third-order valence-electron chi connectivity index (χ3n) is 7.77. The molecule has 4 aromatic rings. The minimum Gasteiger partial charge on any atom is -0.485 e. The summed E-state index contributed by atoms with van der Waals surface area (Å²) in [6.07, 6.45) is 4.78. The summed E-state index contributed by atoms with van der Waals surface area (Å²) in [5, 5.41) is 10.7. The Bertz CT molecular complexity index is 1470. The van der Waals surface area contributed by atoms with Crippen LogP contribution in [0.4, 0.5) is 0 Å². The molecule has 4 heterocycles. The summed E-state index contributed by atoms with van der Waals surface area (Å²) in [7, 11) is 0. The third kappa shape index (κ3) is 3.93. The molecule has 0 aliphatic carbocycles. The van der Waals surface area contributed by atoms with E-state index >= 15 is 0 Å². The molecule has 1 N–H and O–H groups in total. The number of ether oxygens (including phenoxy) is 1. The molecule has 1 saturated heterocycles. The van der Waals surface area contributed by atoms with E-state index in [9.17, 15) is 9.90 Å². The van der Waals surface area contributed by atoms with E-state index in [0.29, 0.717) is 11.6 Å². The van der Waals surface area contributed by atoms with Gasteiger partial charge < -0.3 is 14.7 Å². The van der Waals surface area contributed by atoms with Crippen molar-refractivity contribution in [1.82, 2.24) is 19.4 Å². The Morgan fingerprint density at radius 1 is 1.11 bits per heavy atom. The first-order valence-electron chi connectivity index (χ1n) is 12.6. The Morgan fingerprint density at radius 2 is 1.94 bits per heavy atom. The number of carboxylic acid groups (broad SMARTS) is 1. The molecule has 0 saturated carbocycles. The van der Waals surface area contributed by atoms with Crippen LogP contribution in [0.25, 0.3) is 16.6 Å². The summed E-state index contributed by atoms with van der Waals surface area (Å²) < 4.78 is 7.98. The Morgan fingerprint density at radius 3 is 2.75 bits per heavy atom. The molecule has 184 valence electrons. The SMILES string of the molecule is Cc1ccc2c(C3CCN(CCc4c(C)ccc5c4OCc4c(C(=O)O)ncn4-5)CC3)cccc2n1. The molecule has 0 atom stereocenters. The second-order valence-electron chi connectivity index (χ2n) is 9.95. The molecule has 1 fully saturated rings. The summed E-state index contributed by atoms with van der Waals surface area (Å²) in [5.41, 5.74) is 7.49. The summed E-state index contributed by atoms with van der Waals surface area (Å²) in [4.78, 5) is 22.9. The van der Waals surface area contributed by atoms with Crippen LogP contribution in [0.1, 0.15) is 57.3 Å². The molecule has 0 amide bonds. The number of aryl methyl sites for hydroxylation is 2. The van der Waals surface area contributed by atoms with Gasteiger partial charge in [0, 0.05) is 23.2 Å². The minimum absolute atomic E-state index is 0.0581. The van der Waals surface area contributed by atoms with Gasteiger partial charge in [0.05, 0.1) is 16.9 Å². The Labute approximate surface area is 210 Å². The average molecular weight is 483 g/mol. The number of rotatable bonds is 5. The fraction of sp³-hybridized carbons (Fsp3) is 0.345. The maximum atomic E-state index is 11.5. The number of aromatic nitrogens is 3. The Hall–Kier alpha value is -3.71. The Balaban J connectivity index is 1.16. The second kappa shape index (κ2) is 9.06. The van der Waals surface area contributed by atoms with Gasteiger partial charge in [-0.2, -0.15) is 0 Å². The van der Waals surface area contributed by atoms with E-state index in [1.165, 1.54) is 22.1 Å². The number of piperidine rings is 1. The van der Waals surface area contributed by atoms with Crippen molar-refractivity contribution in [2.45, 2.75) is 45.6 Å². The molecule has 2 aromatic carbocycles. The van der Waals surface area contributed by atoms with Crippen molar-refractivity contribution in [1.29, 1.82) is 0 Å². The van der Waals surface area contributed by atoms with E-state index < -0.39 is 5.97 Å². The smallest absolute Gasteiger partial charge is 0.356 e. The summed E-state index contributed by atoms with van der Waals surface area (Å²) in [6, 6.07) is 15.0. The lowest BCUT2D eigenvalue weighted by molar-refractivity contribution is 0.0687. The van der Waals surface area contributed by atoms with Gasteiger partial charge in [0.15, 0.2) is 5.69 Å². The highest BCUT2D eigenvalue weighted by molar-refractivity contribution is 5.87. The number of carboxylic acids is 1. The van der Waals surface area contributed by atoms with Gasteiger partial charge in [-0.1, -0.05) is 24.3 Å². The first-order valence-corrected chi connectivity index (χ1v) is 12.6. The molecular weight excluding hydrogens is 452 g/mol. The number of hydrogen-bond donors (Lipinski definition) is 1. The van der Waals surface area contributed by atoms with Crippen molar-refractivity contribution in [3.63, 3.8) is 0 Å². The molecule has 7 heteroatoms. The molecule has 0 unspecified atom stereocenters. The normalized spacial score (nSPS) is 15.9. The fourth-order valence-corrected chi connectivity index (χ4v) is 5.79. The van der Waals surface area contributed by atoms with Crippen molar-refractivity contribution in [3.8, 4) is 11.4 Å². The van der Waals surface area contributed by atoms with Gasteiger partial charge in [-0.05, 0) is 81.4 Å². The van der Waals surface area contributed by atoms with Crippen molar-refractivity contribution in [2.75, 3.05) is 19.6 Å². The molecule has 2 aromatic heterocycles. The minimum atomic E-state index is -1.03. The number of hydrogen-bond acceptors (Lipinski definition) is 5. The van der Waals surface area contributed by atoms with Crippen molar-refractivity contribution < 1.29 is 14.6 Å². The first-order chi connectivity index (χ1) is 17.5. The van der Waals surface area contributed by atoms with E-state index in [1.54, 1.807) is 6.33 Å². The van der Waals surface area contributed by atoms with Gasteiger partial charge in [0.25, 0.3) is 0 Å². The number of pyridine rings is 1. The molecule has 0 spiro atoms. The highest BCUT2D eigenvalue weighted by Gasteiger charge is 2.27. The van der Waals surface area contributed by atoms with Gasteiger partial charge in [0.1, 0.15) is 18.7 Å². The fourth-order valence-electron chi connectivity index (χ4n) is 5.79. The van der Waals surface area contributed by atoms with E-state index in [2.05, 4.69) is 53.2 Å². The number of aromatic carboxylic acids is 1. The van der Waals surface area contributed by atoms with Crippen molar-refractivity contribution >= 4 is 16.9 Å². The predicted octanol–water partition coefficient (Wildman–Crippen LogP) is 5.05. The monoisotopic (exact) mass is 482 g/mol. The van der Waals surface area contributed by atoms with Crippen LogP contribution < -0.4 is 4.74 Å². The first kappa shape index (κ1) is 22.7. The molecular formula is C29H30N4O3. The summed E-state index contributed by atoms with van der Waals surface area (Å²) >= 11 is 0. The largest absolute Gasteiger partial charge is 0.485 e. The summed E-state index contributed by atoms with van der Waals surface area (Å²) in [5.74, 6) is 0.388. The van der Waals surface area contributed by atoms with Gasteiger partial charge in [-0.25, -0.2) is 9.78 Å². The molecule has 6 rings (SSSR count). The Kier molecular flexibility index (Phi) is 5.72. The standard InChI is InChI=1S/C29H30N4O3/c1-18-6-9-25-28(36-16-26-27(29(34)35)30-17-33(25)26)21(18)12-15-32-13-10-20(11-14-32)22-4-3-5-24-23(22)8-7-19(2)31-24/h3-9,17,20H,10-16H2,1-2H3,(H,34,35). The summed E-state index contributed by atoms with van der Waals surface area (Å²) in [6.45, 7) is 7.50. The number of carbonyl (C=O) groups is 1. The zero-order valence-corrected chi connectivity index (χ0v) is 20.7. The lowest BCUT2D eigenvalue weighted by Crippen LogP contribution is -2.34. The van der Waals surface area contributed by atoms with Crippen LogP contribution in [-0.4, -0.2) is 50.1 Å². The number of fused-ring (bicyclic) bond motifs is 4. The second-order valence-corrected chi connectivity index (χ2v) is 9.95. The topological polar surface area (TPSA) is 80.5 Å². The highest BCUT2D eigenvalue weighted by atomic mass is 16.5. The number of nitrogens with zero attached hydrogens (tertiary/aromatic N) is 4. The average Bonchev–Trinajstić information content (AvgIpc) is 3.33. The maximum Gasteiger partial charge on any atom is 0.356 e. The number of benzene rings is 2. The zero-order chi connectivity index (χ0) is 24.8. The molecule has 7 nitrogen and oxygen atoms in total. The lowest BCUT2D eigenvalue weighted by Gasteiger charge is -2.33. The number of likely N-dealkylation sites (tertiary alicyclic amines) is 1. The molecule has 0 radical (unpaired) electrons. The maximum absolute atomic E-state index is 11.5. The van der Waals surface area contributed by atoms with Gasteiger partial charge in [-0.15, -0.1) is 0 Å². The zero-order valence-electron chi connectivity index (χ0n) is 20.7. The lowest BCUT2D eigenvalue weighted by atomic mass is 9.87.